The molecule has 0 aliphatic rings. The summed E-state index contributed by atoms with van der Waals surface area (Å²) >= 11 is 0.359. The first kappa shape index (κ1) is 21.2. The topological polar surface area (TPSA) is 90.7 Å². The van der Waals surface area contributed by atoms with Crippen LogP contribution in [0.4, 0.5) is 14.5 Å². The van der Waals surface area contributed by atoms with Crippen molar-refractivity contribution in [2.75, 3.05) is 19.0 Å². The minimum Gasteiger partial charge on any atom is -0.493 e. The Bertz CT molecular complexity index is 875. The number of primary amides is 1. The molecule has 0 bridgehead atoms. The van der Waals surface area contributed by atoms with Gasteiger partial charge >= 0.3 is 0 Å². The van der Waals surface area contributed by atoms with E-state index in [1.54, 1.807) is 36.4 Å². The first-order valence-electron chi connectivity index (χ1n) is 8.01. The maximum atomic E-state index is 12.6. The number of benzene rings is 2. The van der Waals surface area contributed by atoms with Crippen LogP contribution in [0.3, 0.4) is 0 Å². The number of carbonyl (C=O) groups excluding carboxylic acids is 2. The predicted molar refractivity (Wildman–Crippen MR) is 104 cm³/mol. The Balaban J connectivity index is 2.07. The molecule has 0 aromatic heterocycles. The van der Waals surface area contributed by atoms with E-state index in [0.717, 1.165) is 0 Å². The Morgan fingerprint density at radius 1 is 1.21 bits per heavy atom. The Labute approximate surface area is 164 Å². The van der Waals surface area contributed by atoms with E-state index >= 15 is 0 Å². The van der Waals surface area contributed by atoms with E-state index in [9.17, 15) is 18.4 Å². The zero-order valence-electron chi connectivity index (χ0n) is 14.9. The number of alkyl halides is 2. The standard InChI is InChI=1S/C19H18F2N2O4S/c1-26-15-10-12(6-8-14(15)27-11-17(22)24)7-9-18(25)23-13-4-2-3-5-16(13)28-19(20)21/h2-10,19H,11H2,1H3,(H2,22,24)(H,23,25)/b9-7+. The van der Waals surface area contributed by atoms with Crippen LogP contribution in [0.2, 0.25) is 0 Å². The second kappa shape index (κ2) is 10.3. The summed E-state index contributed by atoms with van der Waals surface area (Å²) in [6, 6.07) is 11.2. The van der Waals surface area contributed by atoms with E-state index < -0.39 is 17.6 Å². The first-order chi connectivity index (χ1) is 13.4. The smallest absolute Gasteiger partial charge is 0.288 e. The summed E-state index contributed by atoms with van der Waals surface area (Å²) in [7, 11) is 1.43. The molecular formula is C19H18F2N2O4S. The molecule has 6 nitrogen and oxygen atoms in total. The lowest BCUT2D eigenvalue weighted by atomic mass is 10.2. The number of halogens is 2. The molecule has 2 aromatic carbocycles. The highest BCUT2D eigenvalue weighted by Crippen LogP contribution is 2.32. The lowest BCUT2D eigenvalue weighted by molar-refractivity contribution is -0.120. The molecule has 3 N–H and O–H groups in total. The summed E-state index contributed by atoms with van der Waals surface area (Å²) in [6.07, 6.45) is 2.79. The van der Waals surface area contributed by atoms with Gasteiger partial charge in [-0.1, -0.05) is 30.0 Å². The third-order valence-corrected chi connectivity index (χ3v) is 4.13. The van der Waals surface area contributed by atoms with E-state index in [1.165, 1.54) is 25.3 Å². The van der Waals surface area contributed by atoms with Gasteiger partial charge in [-0.15, -0.1) is 0 Å². The summed E-state index contributed by atoms with van der Waals surface area (Å²) in [5.74, 6) is -2.98. The second-order valence-corrected chi connectivity index (χ2v) is 6.39. The quantitative estimate of drug-likeness (QED) is 0.489. The lowest BCUT2D eigenvalue weighted by Gasteiger charge is -2.10. The van der Waals surface area contributed by atoms with Gasteiger partial charge in [0.1, 0.15) is 0 Å². The number of carbonyl (C=O) groups is 2. The molecule has 0 saturated heterocycles. The molecule has 0 saturated carbocycles. The van der Waals surface area contributed by atoms with Gasteiger partial charge in [-0.2, -0.15) is 8.78 Å². The number of rotatable bonds is 9. The van der Waals surface area contributed by atoms with Crippen molar-refractivity contribution in [3.63, 3.8) is 0 Å². The molecular weight excluding hydrogens is 390 g/mol. The minimum atomic E-state index is -2.59. The highest BCUT2D eigenvalue weighted by atomic mass is 32.2. The molecule has 0 aliphatic heterocycles. The van der Waals surface area contributed by atoms with E-state index in [-0.39, 0.29) is 11.5 Å². The number of methoxy groups -OCH3 is 1. The normalized spacial score (nSPS) is 10.9. The summed E-state index contributed by atoms with van der Waals surface area (Å²) < 4.78 is 35.6. The highest BCUT2D eigenvalue weighted by Gasteiger charge is 2.11. The third kappa shape index (κ3) is 6.58. The van der Waals surface area contributed by atoms with Gasteiger partial charge in [0.15, 0.2) is 18.1 Å². The van der Waals surface area contributed by atoms with Crippen LogP contribution in [0.25, 0.3) is 6.08 Å². The fourth-order valence-electron chi connectivity index (χ4n) is 2.17. The van der Waals surface area contributed by atoms with Gasteiger partial charge in [0, 0.05) is 11.0 Å². The minimum absolute atomic E-state index is 0.275. The molecule has 28 heavy (non-hydrogen) atoms. The molecule has 0 unspecified atom stereocenters. The first-order valence-corrected chi connectivity index (χ1v) is 8.89. The average molecular weight is 408 g/mol. The van der Waals surface area contributed by atoms with E-state index in [4.69, 9.17) is 15.2 Å². The van der Waals surface area contributed by atoms with Crippen molar-refractivity contribution in [1.29, 1.82) is 0 Å². The van der Waals surface area contributed by atoms with Gasteiger partial charge < -0.3 is 20.5 Å². The maximum Gasteiger partial charge on any atom is 0.288 e. The van der Waals surface area contributed by atoms with E-state index in [1.807, 2.05) is 0 Å². The number of nitrogens with two attached hydrogens (primary N) is 1. The van der Waals surface area contributed by atoms with Crippen molar-refractivity contribution in [3.05, 3.63) is 54.1 Å². The van der Waals surface area contributed by atoms with Crippen molar-refractivity contribution in [2.24, 2.45) is 5.73 Å². The van der Waals surface area contributed by atoms with Crippen LogP contribution in [0.5, 0.6) is 11.5 Å². The highest BCUT2D eigenvalue weighted by molar-refractivity contribution is 7.99. The van der Waals surface area contributed by atoms with Gasteiger partial charge in [-0.25, -0.2) is 0 Å². The molecule has 2 aromatic rings. The monoisotopic (exact) mass is 408 g/mol. The van der Waals surface area contributed by atoms with Crippen molar-refractivity contribution >= 4 is 35.3 Å². The maximum absolute atomic E-state index is 12.6. The van der Waals surface area contributed by atoms with Gasteiger partial charge in [0.2, 0.25) is 5.91 Å². The van der Waals surface area contributed by atoms with Crippen molar-refractivity contribution < 1.29 is 27.8 Å². The van der Waals surface area contributed by atoms with Gasteiger partial charge in [-0.3, -0.25) is 9.59 Å². The summed E-state index contributed by atoms with van der Waals surface area (Å²) in [6.45, 7) is -0.288. The molecule has 2 amide bonds. The Morgan fingerprint density at radius 3 is 2.64 bits per heavy atom. The summed E-state index contributed by atoms with van der Waals surface area (Å²) in [5.41, 5.74) is 5.97. The van der Waals surface area contributed by atoms with Crippen LogP contribution < -0.4 is 20.5 Å². The average Bonchev–Trinajstić information content (AvgIpc) is 2.66. The molecule has 9 heteroatoms. The number of amides is 2. The van der Waals surface area contributed by atoms with Gasteiger partial charge in [0.25, 0.3) is 11.7 Å². The van der Waals surface area contributed by atoms with Crippen LogP contribution in [-0.4, -0.2) is 31.3 Å². The summed E-state index contributed by atoms with van der Waals surface area (Å²) in [5, 5.41) is 2.57. The summed E-state index contributed by atoms with van der Waals surface area (Å²) in [4.78, 5) is 23.2. The largest absolute Gasteiger partial charge is 0.493 e. The van der Waals surface area contributed by atoms with Crippen LogP contribution >= 0.6 is 11.8 Å². The molecule has 0 aliphatic carbocycles. The number of hydrogen-bond donors (Lipinski definition) is 2. The SMILES string of the molecule is COc1cc(/C=C/C(=O)Nc2ccccc2SC(F)F)ccc1OCC(N)=O. The number of hydrogen-bond acceptors (Lipinski definition) is 5. The Kier molecular flexibility index (Phi) is 7.82. The number of ether oxygens (including phenoxy) is 2. The number of nitrogens with one attached hydrogen (secondary N) is 1. The molecule has 0 heterocycles. The van der Waals surface area contributed by atoms with Gasteiger partial charge in [-0.05, 0) is 35.9 Å². The molecule has 0 radical (unpaired) electrons. The van der Waals surface area contributed by atoms with Crippen LogP contribution in [0.1, 0.15) is 5.56 Å². The molecule has 0 fully saturated rings. The van der Waals surface area contributed by atoms with E-state index in [2.05, 4.69) is 5.32 Å². The predicted octanol–water partition coefficient (Wildman–Crippen LogP) is 3.53. The third-order valence-electron chi connectivity index (χ3n) is 3.35. The van der Waals surface area contributed by atoms with Crippen LogP contribution in [0.15, 0.2) is 53.4 Å². The molecule has 148 valence electrons. The van der Waals surface area contributed by atoms with E-state index in [0.29, 0.717) is 34.5 Å². The van der Waals surface area contributed by atoms with Crippen LogP contribution in [-0.2, 0) is 9.59 Å². The number of para-hydroxylation sites is 1. The zero-order chi connectivity index (χ0) is 20.5. The second-order valence-electron chi connectivity index (χ2n) is 5.36. The fraction of sp³-hybridized carbons (Fsp3) is 0.158. The van der Waals surface area contributed by atoms with Gasteiger partial charge in [0.05, 0.1) is 12.8 Å². The Hall–Kier alpha value is -3.07. The zero-order valence-corrected chi connectivity index (χ0v) is 15.7. The van der Waals surface area contributed by atoms with Crippen molar-refractivity contribution in [2.45, 2.75) is 10.7 Å². The molecule has 0 spiro atoms. The molecule has 0 atom stereocenters. The van der Waals surface area contributed by atoms with Crippen molar-refractivity contribution in [3.8, 4) is 11.5 Å². The number of anilines is 1. The fourth-order valence-corrected chi connectivity index (χ4v) is 2.77. The number of thioether (sulfide) groups is 1. The lowest BCUT2D eigenvalue weighted by Crippen LogP contribution is -2.20. The van der Waals surface area contributed by atoms with Crippen molar-refractivity contribution in [1.82, 2.24) is 0 Å². The Morgan fingerprint density at radius 2 is 1.96 bits per heavy atom. The molecule has 2 rings (SSSR count). The van der Waals surface area contributed by atoms with Crippen LogP contribution in [0, 0.1) is 0 Å².